The van der Waals surface area contributed by atoms with Crippen molar-refractivity contribution in [1.82, 2.24) is 9.97 Å². The number of carbonyl (C=O) groups excluding carboxylic acids is 1. The maximum Gasteiger partial charge on any atom is 0.513 e. The van der Waals surface area contributed by atoms with Crippen LogP contribution in [0.2, 0.25) is 0 Å². The summed E-state index contributed by atoms with van der Waals surface area (Å²) in [6, 6.07) is 5.88. The molecule has 10 heteroatoms. The van der Waals surface area contributed by atoms with Crippen molar-refractivity contribution in [3.8, 4) is 11.5 Å². The predicted molar refractivity (Wildman–Crippen MR) is 105 cm³/mol. The lowest BCUT2D eigenvalue weighted by Crippen LogP contribution is -2.09. The molecular weight excluding hydrogens is 391 g/mol. The molecule has 0 fully saturated rings. The molecule has 0 aliphatic heterocycles. The Balaban J connectivity index is 0.00000280. The van der Waals surface area contributed by atoms with Crippen molar-refractivity contribution in [2.24, 2.45) is 0 Å². The second kappa shape index (κ2) is 8.57. The summed E-state index contributed by atoms with van der Waals surface area (Å²) in [6.07, 6.45) is 0.428. The van der Waals surface area contributed by atoms with Crippen molar-refractivity contribution in [3.63, 3.8) is 0 Å². The highest BCUT2D eigenvalue weighted by molar-refractivity contribution is 5.94. The van der Waals surface area contributed by atoms with Crippen LogP contribution in [-0.2, 0) is 4.74 Å². The van der Waals surface area contributed by atoms with E-state index in [4.69, 9.17) is 15.2 Å². The number of hydrogen-bond donors (Lipinski definition) is 2. The Morgan fingerprint density at radius 1 is 1.14 bits per heavy atom. The Kier molecular flexibility index (Phi) is 6.42. The monoisotopic (exact) mass is 408 g/mol. The highest BCUT2D eigenvalue weighted by Gasteiger charge is 2.15. The number of carbonyl (C=O) groups is 1. The van der Waals surface area contributed by atoms with E-state index in [2.05, 4.69) is 20.0 Å². The third-order valence-corrected chi connectivity index (χ3v) is 3.86. The molecule has 0 atom stereocenters. The van der Waals surface area contributed by atoms with Crippen LogP contribution in [0.1, 0.15) is 5.56 Å². The van der Waals surface area contributed by atoms with Crippen LogP contribution in [-0.4, -0.2) is 30.3 Å². The Labute approximate surface area is 166 Å². The highest BCUT2D eigenvalue weighted by Crippen LogP contribution is 2.33. The van der Waals surface area contributed by atoms with Gasteiger partial charge in [-0.15, -0.1) is 12.4 Å². The van der Waals surface area contributed by atoms with Gasteiger partial charge in [-0.05, 0) is 30.7 Å². The lowest BCUT2D eigenvalue weighted by Gasteiger charge is -2.13. The van der Waals surface area contributed by atoms with Crippen molar-refractivity contribution in [2.75, 3.05) is 25.3 Å². The number of nitrogens with two attached hydrogens (primary N) is 1. The molecule has 0 unspecified atom stereocenters. The van der Waals surface area contributed by atoms with Crippen LogP contribution in [0.3, 0.4) is 0 Å². The number of nitrogens with one attached hydrogen (secondary N) is 1. The Bertz CT molecular complexity index is 1030. The van der Waals surface area contributed by atoms with Crippen molar-refractivity contribution >= 4 is 46.7 Å². The van der Waals surface area contributed by atoms with Crippen LogP contribution in [0.15, 0.2) is 30.6 Å². The third-order valence-electron chi connectivity index (χ3n) is 3.86. The summed E-state index contributed by atoms with van der Waals surface area (Å²) in [6.45, 7) is 1.61. The maximum atomic E-state index is 14.4. The number of nitrogens with zero attached hydrogens (tertiary/aromatic N) is 2. The molecule has 1 aromatic heterocycles. The lowest BCUT2D eigenvalue weighted by atomic mass is 10.1. The minimum absolute atomic E-state index is 0. The molecule has 0 amide bonds. The van der Waals surface area contributed by atoms with E-state index in [0.717, 1.165) is 0 Å². The van der Waals surface area contributed by atoms with Gasteiger partial charge in [0.25, 0.3) is 0 Å². The summed E-state index contributed by atoms with van der Waals surface area (Å²) >= 11 is 0. The van der Waals surface area contributed by atoms with E-state index >= 15 is 0 Å². The molecule has 2 aromatic carbocycles. The van der Waals surface area contributed by atoms with Crippen LogP contribution in [0, 0.1) is 12.7 Å². The number of fused-ring (bicyclic) bond motifs is 1. The van der Waals surface area contributed by atoms with Crippen molar-refractivity contribution in [1.29, 1.82) is 0 Å². The normalized spacial score (nSPS) is 10.1. The van der Waals surface area contributed by atoms with E-state index < -0.39 is 12.0 Å². The number of rotatable bonds is 4. The Morgan fingerprint density at radius 2 is 1.89 bits per heavy atom. The van der Waals surface area contributed by atoms with Gasteiger partial charge in [-0.1, -0.05) is 0 Å². The number of aryl methyl sites for hydroxylation is 1. The first-order valence-corrected chi connectivity index (χ1v) is 7.84. The number of anilines is 3. The number of ether oxygens (including phenoxy) is 3. The molecule has 8 nitrogen and oxygen atoms in total. The highest BCUT2D eigenvalue weighted by atomic mass is 35.5. The molecule has 0 spiro atoms. The molecule has 3 N–H and O–H groups in total. The number of nitrogen functional groups attached to an aromatic ring is 1. The summed E-state index contributed by atoms with van der Waals surface area (Å²) in [5, 5.41) is 3.47. The van der Waals surface area contributed by atoms with Crippen LogP contribution in [0.5, 0.6) is 11.5 Å². The first-order chi connectivity index (χ1) is 12.9. The van der Waals surface area contributed by atoms with E-state index in [-0.39, 0.29) is 23.8 Å². The minimum Gasteiger partial charge on any atom is -0.495 e. The van der Waals surface area contributed by atoms with Gasteiger partial charge in [-0.2, -0.15) is 0 Å². The van der Waals surface area contributed by atoms with Crippen molar-refractivity contribution in [3.05, 3.63) is 42.0 Å². The van der Waals surface area contributed by atoms with E-state index in [1.54, 1.807) is 19.1 Å². The molecular formula is C18H18ClFN4O4. The SMILES string of the molecule is COC(=O)Oc1cc(Nc2ncnc3cc(N)c(OC)cc23)c(F)cc1C.Cl. The maximum absolute atomic E-state index is 14.4. The molecule has 148 valence electrons. The van der Waals surface area contributed by atoms with Gasteiger partial charge in [-0.25, -0.2) is 19.2 Å². The lowest BCUT2D eigenvalue weighted by molar-refractivity contribution is 0.121. The number of aromatic nitrogens is 2. The smallest absolute Gasteiger partial charge is 0.495 e. The summed E-state index contributed by atoms with van der Waals surface area (Å²) in [5.74, 6) is 0.398. The fourth-order valence-electron chi connectivity index (χ4n) is 2.49. The largest absolute Gasteiger partial charge is 0.513 e. The fraction of sp³-hybridized carbons (Fsp3) is 0.167. The number of halogens is 2. The number of hydrogen-bond acceptors (Lipinski definition) is 8. The molecule has 1 heterocycles. The average Bonchev–Trinajstić information content (AvgIpc) is 2.65. The van der Waals surface area contributed by atoms with Gasteiger partial charge in [0.15, 0.2) is 0 Å². The first-order valence-electron chi connectivity index (χ1n) is 7.84. The first kappa shape index (κ1) is 21.0. The molecule has 28 heavy (non-hydrogen) atoms. The van der Waals surface area contributed by atoms with E-state index in [1.165, 1.54) is 32.7 Å². The topological polar surface area (TPSA) is 109 Å². The van der Waals surface area contributed by atoms with Crippen LogP contribution >= 0.6 is 12.4 Å². The standard InChI is InChI=1S/C18H17FN4O4.ClH/c1-9-4-11(19)14(7-15(9)27-18(24)26-3)23-17-10-5-16(25-2)12(20)6-13(10)21-8-22-17;/h4-8H,20H2,1-3H3,(H,21,22,23);1H. The van der Waals surface area contributed by atoms with Gasteiger partial charge in [0.05, 0.1) is 31.1 Å². The molecule has 0 saturated heterocycles. The predicted octanol–water partition coefficient (Wildman–Crippen LogP) is 3.98. The van der Waals surface area contributed by atoms with Gasteiger partial charge in [-0.3, -0.25) is 0 Å². The Hall–Kier alpha value is -3.33. The zero-order valence-electron chi connectivity index (χ0n) is 15.3. The zero-order valence-corrected chi connectivity index (χ0v) is 16.1. The van der Waals surface area contributed by atoms with Gasteiger partial charge in [0, 0.05) is 11.5 Å². The van der Waals surface area contributed by atoms with Crippen molar-refractivity contribution in [2.45, 2.75) is 6.92 Å². The molecule has 3 aromatic rings. The zero-order chi connectivity index (χ0) is 19.6. The molecule has 0 radical (unpaired) electrons. The summed E-state index contributed by atoms with van der Waals surface area (Å²) in [5.41, 5.74) is 7.38. The summed E-state index contributed by atoms with van der Waals surface area (Å²) in [7, 11) is 2.68. The van der Waals surface area contributed by atoms with Crippen molar-refractivity contribution < 1.29 is 23.4 Å². The van der Waals surface area contributed by atoms with Gasteiger partial charge < -0.3 is 25.3 Å². The van der Waals surface area contributed by atoms with Gasteiger partial charge >= 0.3 is 6.16 Å². The van der Waals surface area contributed by atoms with E-state index in [9.17, 15) is 9.18 Å². The minimum atomic E-state index is -0.900. The van der Waals surface area contributed by atoms with E-state index in [1.807, 2.05) is 0 Å². The summed E-state index contributed by atoms with van der Waals surface area (Å²) < 4.78 is 29.1. The fourth-order valence-corrected chi connectivity index (χ4v) is 2.49. The molecule has 0 saturated carbocycles. The van der Waals surface area contributed by atoms with Crippen LogP contribution < -0.4 is 20.5 Å². The number of benzene rings is 2. The van der Waals surface area contributed by atoms with Gasteiger partial charge in [0.1, 0.15) is 29.5 Å². The Morgan fingerprint density at radius 3 is 2.57 bits per heavy atom. The quantitative estimate of drug-likeness (QED) is 0.379. The average molecular weight is 409 g/mol. The second-order valence-electron chi connectivity index (χ2n) is 5.61. The summed E-state index contributed by atoms with van der Waals surface area (Å²) in [4.78, 5) is 19.7. The second-order valence-corrected chi connectivity index (χ2v) is 5.61. The van der Waals surface area contributed by atoms with Gasteiger partial charge in [0.2, 0.25) is 0 Å². The van der Waals surface area contributed by atoms with Crippen LogP contribution in [0.4, 0.5) is 26.4 Å². The molecule has 0 aliphatic rings. The van der Waals surface area contributed by atoms with E-state index in [0.29, 0.717) is 33.7 Å². The molecule has 0 aliphatic carbocycles. The number of methoxy groups -OCH3 is 2. The van der Waals surface area contributed by atoms with Crippen LogP contribution in [0.25, 0.3) is 10.9 Å². The molecule has 0 bridgehead atoms. The third kappa shape index (κ3) is 4.15. The molecule has 3 rings (SSSR count).